The molecule has 0 spiro atoms. The number of aromatic carboxylic acids is 1. The maximum absolute atomic E-state index is 13.6. The largest absolute Gasteiger partial charge is 0.478 e. The molecule has 5 nitrogen and oxygen atoms in total. The van der Waals surface area contributed by atoms with Gasteiger partial charge in [-0.05, 0) is 31.0 Å². The van der Waals surface area contributed by atoms with E-state index in [0.29, 0.717) is 17.8 Å². The van der Waals surface area contributed by atoms with Crippen molar-refractivity contribution in [3.8, 4) is 0 Å². The second-order valence-corrected chi connectivity index (χ2v) is 5.04. The van der Waals surface area contributed by atoms with Crippen LogP contribution >= 0.6 is 0 Å². The molecule has 1 atom stereocenters. The van der Waals surface area contributed by atoms with Gasteiger partial charge in [-0.1, -0.05) is 12.1 Å². The molecule has 112 valence electrons. The van der Waals surface area contributed by atoms with Crippen LogP contribution in [0, 0.1) is 12.7 Å². The first-order valence-corrected chi connectivity index (χ1v) is 6.63. The first kappa shape index (κ1) is 15.2. The van der Waals surface area contributed by atoms with Crippen LogP contribution in [0.1, 0.15) is 40.1 Å². The zero-order valence-corrected chi connectivity index (χ0v) is 12.2. The Bertz CT molecular complexity index is 667. The number of hydrogen-bond acceptors (Lipinski definition) is 3. The van der Waals surface area contributed by atoms with E-state index in [9.17, 15) is 9.18 Å². The molecule has 0 saturated carbocycles. The van der Waals surface area contributed by atoms with Gasteiger partial charge in [0.1, 0.15) is 11.4 Å². The van der Waals surface area contributed by atoms with Gasteiger partial charge < -0.3 is 10.4 Å². The molecular weight excluding hydrogens is 273 g/mol. The van der Waals surface area contributed by atoms with Crippen LogP contribution in [0.2, 0.25) is 0 Å². The Labute approximate surface area is 122 Å². The second kappa shape index (κ2) is 6.05. The molecule has 0 amide bonds. The summed E-state index contributed by atoms with van der Waals surface area (Å²) in [5.74, 6) is -1.25. The molecular formula is C15H18FN3O2. The Morgan fingerprint density at radius 2 is 2.24 bits per heavy atom. The number of aromatic nitrogens is 2. The van der Waals surface area contributed by atoms with Crippen molar-refractivity contribution in [2.75, 3.05) is 0 Å². The molecule has 0 radical (unpaired) electrons. The fourth-order valence-electron chi connectivity index (χ4n) is 2.10. The normalized spacial score (nSPS) is 12.4. The van der Waals surface area contributed by atoms with Crippen molar-refractivity contribution in [2.24, 2.45) is 7.05 Å². The van der Waals surface area contributed by atoms with Crippen LogP contribution in [0.3, 0.4) is 0 Å². The van der Waals surface area contributed by atoms with E-state index in [4.69, 9.17) is 5.11 Å². The third-order valence-corrected chi connectivity index (χ3v) is 3.56. The van der Waals surface area contributed by atoms with Crippen molar-refractivity contribution >= 4 is 5.97 Å². The first-order chi connectivity index (χ1) is 9.90. The van der Waals surface area contributed by atoms with Crippen molar-refractivity contribution in [3.05, 3.63) is 52.6 Å². The average molecular weight is 291 g/mol. The highest BCUT2D eigenvalue weighted by Gasteiger charge is 2.16. The standard InChI is InChI=1S/C15H18FN3O2/c1-9-4-5-11(6-13(9)16)10(2)17-8-14-12(15(20)21)7-18-19(14)3/h4-7,10,17H,8H2,1-3H3,(H,20,21). The quantitative estimate of drug-likeness (QED) is 0.888. The molecule has 21 heavy (non-hydrogen) atoms. The number of rotatable bonds is 5. The number of carbonyl (C=O) groups is 1. The lowest BCUT2D eigenvalue weighted by molar-refractivity contribution is 0.0695. The van der Waals surface area contributed by atoms with Crippen LogP contribution in [0.15, 0.2) is 24.4 Å². The summed E-state index contributed by atoms with van der Waals surface area (Å²) in [6.45, 7) is 3.96. The Balaban J connectivity index is 2.10. The van der Waals surface area contributed by atoms with E-state index in [0.717, 1.165) is 5.56 Å². The Kier molecular flexibility index (Phi) is 4.37. The predicted octanol–water partition coefficient (Wildman–Crippen LogP) is 2.42. The van der Waals surface area contributed by atoms with E-state index in [1.165, 1.54) is 16.9 Å². The van der Waals surface area contributed by atoms with Gasteiger partial charge in [0, 0.05) is 19.6 Å². The number of nitrogens with zero attached hydrogens (tertiary/aromatic N) is 2. The second-order valence-electron chi connectivity index (χ2n) is 5.04. The van der Waals surface area contributed by atoms with Crippen LogP contribution in [-0.2, 0) is 13.6 Å². The summed E-state index contributed by atoms with van der Waals surface area (Å²) in [4.78, 5) is 11.1. The topological polar surface area (TPSA) is 67.2 Å². The Morgan fingerprint density at radius 3 is 2.86 bits per heavy atom. The number of aryl methyl sites for hydroxylation is 2. The van der Waals surface area contributed by atoms with Gasteiger partial charge in [-0.2, -0.15) is 5.10 Å². The van der Waals surface area contributed by atoms with Crippen molar-refractivity contribution in [3.63, 3.8) is 0 Å². The minimum atomic E-state index is -1.01. The minimum absolute atomic E-state index is 0.100. The number of carboxylic acid groups (broad SMARTS) is 1. The van der Waals surface area contributed by atoms with E-state index in [1.54, 1.807) is 20.0 Å². The van der Waals surface area contributed by atoms with Crippen LogP contribution in [0.25, 0.3) is 0 Å². The Hall–Kier alpha value is -2.21. The lowest BCUT2D eigenvalue weighted by Gasteiger charge is -2.15. The number of carboxylic acids is 1. The van der Waals surface area contributed by atoms with Gasteiger partial charge in [-0.25, -0.2) is 9.18 Å². The predicted molar refractivity (Wildman–Crippen MR) is 76.6 cm³/mol. The molecule has 0 bridgehead atoms. The molecule has 0 aliphatic carbocycles. The van der Waals surface area contributed by atoms with Gasteiger partial charge in [0.05, 0.1) is 11.9 Å². The summed E-state index contributed by atoms with van der Waals surface area (Å²) < 4.78 is 15.1. The molecule has 1 aromatic heterocycles. The van der Waals surface area contributed by atoms with Crippen molar-refractivity contribution < 1.29 is 14.3 Å². The highest BCUT2D eigenvalue weighted by molar-refractivity contribution is 5.88. The van der Waals surface area contributed by atoms with Gasteiger partial charge >= 0.3 is 5.97 Å². The summed E-state index contributed by atoms with van der Waals surface area (Å²) in [6.07, 6.45) is 1.33. The molecule has 0 aliphatic rings. The lowest BCUT2D eigenvalue weighted by atomic mass is 10.1. The van der Waals surface area contributed by atoms with E-state index in [1.807, 2.05) is 13.0 Å². The number of halogens is 1. The Morgan fingerprint density at radius 1 is 1.52 bits per heavy atom. The van der Waals surface area contributed by atoms with E-state index < -0.39 is 5.97 Å². The zero-order chi connectivity index (χ0) is 15.6. The molecule has 0 fully saturated rings. The van der Waals surface area contributed by atoms with Crippen LogP contribution < -0.4 is 5.32 Å². The highest BCUT2D eigenvalue weighted by atomic mass is 19.1. The summed E-state index contributed by atoms with van der Waals surface area (Å²) in [7, 11) is 1.69. The average Bonchev–Trinajstić information content (AvgIpc) is 2.80. The van der Waals surface area contributed by atoms with Crippen LogP contribution in [0.5, 0.6) is 0 Å². The fourth-order valence-corrected chi connectivity index (χ4v) is 2.10. The van der Waals surface area contributed by atoms with Gasteiger partial charge in [0.25, 0.3) is 0 Å². The van der Waals surface area contributed by atoms with Crippen molar-refractivity contribution in [2.45, 2.75) is 26.4 Å². The zero-order valence-electron chi connectivity index (χ0n) is 12.2. The van der Waals surface area contributed by atoms with Crippen molar-refractivity contribution in [1.29, 1.82) is 0 Å². The smallest absolute Gasteiger partial charge is 0.339 e. The molecule has 6 heteroatoms. The molecule has 1 heterocycles. The third-order valence-electron chi connectivity index (χ3n) is 3.56. The van der Waals surface area contributed by atoms with E-state index >= 15 is 0 Å². The van der Waals surface area contributed by atoms with Crippen molar-refractivity contribution in [1.82, 2.24) is 15.1 Å². The molecule has 2 rings (SSSR count). The van der Waals surface area contributed by atoms with E-state index in [2.05, 4.69) is 10.4 Å². The fraction of sp³-hybridized carbons (Fsp3) is 0.333. The summed E-state index contributed by atoms with van der Waals surface area (Å²) >= 11 is 0. The number of hydrogen-bond donors (Lipinski definition) is 2. The van der Waals surface area contributed by atoms with Crippen LogP contribution in [0.4, 0.5) is 4.39 Å². The lowest BCUT2D eigenvalue weighted by Crippen LogP contribution is -2.21. The highest BCUT2D eigenvalue weighted by Crippen LogP contribution is 2.17. The van der Waals surface area contributed by atoms with Gasteiger partial charge in [0.2, 0.25) is 0 Å². The van der Waals surface area contributed by atoms with E-state index in [-0.39, 0.29) is 17.4 Å². The SMILES string of the molecule is Cc1ccc(C(C)NCc2c(C(=O)O)cnn2C)cc1F. The van der Waals surface area contributed by atoms with Gasteiger partial charge in [-0.3, -0.25) is 4.68 Å². The molecule has 1 aromatic carbocycles. The summed E-state index contributed by atoms with van der Waals surface area (Å²) in [5, 5.41) is 16.2. The third kappa shape index (κ3) is 3.28. The summed E-state index contributed by atoms with van der Waals surface area (Å²) in [6, 6.07) is 4.98. The van der Waals surface area contributed by atoms with Crippen LogP contribution in [-0.4, -0.2) is 20.9 Å². The van der Waals surface area contributed by atoms with Gasteiger partial charge in [-0.15, -0.1) is 0 Å². The molecule has 0 saturated heterocycles. The first-order valence-electron chi connectivity index (χ1n) is 6.63. The maximum atomic E-state index is 13.6. The molecule has 1 unspecified atom stereocenters. The molecule has 2 N–H and O–H groups in total. The maximum Gasteiger partial charge on any atom is 0.339 e. The molecule has 0 aliphatic heterocycles. The number of benzene rings is 1. The number of nitrogens with one attached hydrogen (secondary N) is 1. The summed E-state index contributed by atoms with van der Waals surface area (Å²) in [5.41, 5.74) is 2.18. The minimum Gasteiger partial charge on any atom is -0.478 e. The molecule has 2 aromatic rings. The van der Waals surface area contributed by atoms with Gasteiger partial charge in [0.15, 0.2) is 0 Å². The monoisotopic (exact) mass is 291 g/mol.